The molecule has 0 unspecified atom stereocenters. The van der Waals surface area contributed by atoms with E-state index in [1.165, 1.54) is 17.7 Å². The zero-order chi connectivity index (χ0) is 18.1. The third kappa shape index (κ3) is 7.29. The third-order valence-corrected chi connectivity index (χ3v) is 5.49. The molecule has 25 heavy (non-hydrogen) atoms. The summed E-state index contributed by atoms with van der Waals surface area (Å²) in [7, 11) is -3.66. The van der Waals surface area contributed by atoms with Crippen LogP contribution in [0.3, 0.4) is 0 Å². The zero-order valence-electron chi connectivity index (χ0n) is 13.9. The van der Waals surface area contributed by atoms with Gasteiger partial charge in [-0.05, 0) is 41.9 Å². The molecule has 0 atom stereocenters. The van der Waals surface area contributed by atoms with Crippen molar-refractivity contribution in [1.82, 2.24) is 5.32 Å². The number of rotatable bonds is 9. The Morgan fingerprint density at radius 2 is 1.60 bits per heavy atom. The minimum Gasteiger partial charge on any atom is -0.355 e. The average molecular weight is 379 g/mol. The summed E-state index contributed by atoms with van der Waals surface area (Å²) in [5, 5.41) is 7.93. The highest BCUT2D eigenvalue weighted by Crippen LogP contribution is 2.09. The minimum atomic E-state index is -3.66. The summed E-state index contributed by atoms with van der Waals surface area (Å²) in [6, 6.07) is 16.6. The number of hydrogen-bond donors (Lipinski definition) is 2. The first-order valence-electron chi connectivity index (χ1n) is 7.95. The molecule has 2 rings (SSSR count). The van der Waals surface area contributed by atoms with Crippen LogP contribution in [0.25, 0.3) is 0 Å². The fraction of sp³-hybridized carbons (Fsp3) is 0.278. The molecule has 0 bridgehead atoms. The first kappa shape index (κ1) is 19.5. The molecule has 0 aliphatic rings. The summed E-state index contributed by atoms with van der Waals surface area (Å²) in [6.07, 6.45) is 1.60. The maximum absolute atomic E-state index is 11.8. The molecule has 0 heterocycles. The van der Waals surface area contributed by atoms with Gasteiger partial charge in [0.1, 0.15) is 0 Å². The topological polar surface area (TPSA) is 89.3 Å². The number of thioether (sulfide) groups is 1. The van der Waals surface area contributed by atoms with Crippen LogP contribution in [0.2, 0.25) is 0 Å². The standard InChI is InChI=1S/C18H22N2O3S2/c19-25(22,23)17-8-6-16(7-9-17)10-12-20-18(21)14-24-13-11-15-4-2-1-3-5-15/h1-9H,10-14H2,(H,20,21)(H2,19,22,23). The van der Waals surface area contributed by atoms with Gasteiger partial charge >= 0.3 is 0 Å². The Balaban J connectivity index is 1.62. The maximum atomic E-state index is 11.8. The van der Waals surface area contributed by atoms with Gasteiger partial charge in [0.25, 0.3) is 0 Å². The van der Waals surface area contributed by atoms with Gasteiger partial charge in [0.15, 0.2) is 0 Å². The molecule has 0 radical (unpaired) electrons. The maximum Gasteiger partial charge on any atom is 0.238 e. The van der Waals surface area contributed by atoms with Crippen molar-refractivity contribution in [2.45, 2.75) is 17.7 Å². The summed E-state index contributed by atoms with van der Waals surface area (Å²) in [5.74, 6) is 1.36. The third-order valence-electron chi connectivity index (χ3n) is 3.60. The van der Waals surface area contributed by atoms with Crippen molar-refractivity contribution in [2.24, 2.45) is 5.14 Å². The molecule has 2 aromatic rings. The second kappa shape index (κ2) is 9.60. The number of nitrogens with two attached hydrogens (primary N) is 1. The number of nitrogens with one attached hydrogen (secondary N) is 1. The summed E-state index contributed by atoms with van der Waals surface area (Å²) in [5.41, 5.74) is 2.22. The molecule has 0 aliphatic carbocycles. The first-order valence-corrected chi connectivity index (χ1v) is 10.7. The van der Waals surface area contributed by atoms with E-state index in [2.05, 4.69) is 17.4 Å². The van der Waals surface area contributed by atoms with E-state index in [1.54, 1.807) is 23.9 Å². The van der Waals surface area contributed by atoms with E-state index in [4.69, 9.17) is 5.14 Å². The Bertz CT molecular complexity index is 776. The zero-order valence-corrected chi connectivity index (χ0v) is 15.5. The van der Waals surface area contributed by atoms with E-state index in [0.717, 1.165) is 17.7 Å². The molecule has 2 aromatic carbocycles. The van der Waals surface area contributed by atoms with Crippen LogP contribution in [0.1, 0.15) is 11.1 Å². The van der Waals surface area contributed by atoms with Gasteiger partial charge in [0, 0.05) is 6.54 Å². The van der Waals surface area contributed by atoms with E-state index in [0.29, 0.717) is 18.7 Å². The number of amides is 1. The smallest absolute Gasteiger partial charge is 0.238 e. The van der Waals surface area contributed by atoms with E-state index in [-0.39, 0.29) is 10.8 Å². The number of carbonyl (C=O) groups is 1. The van der Waals surface area contributed by atoms with Crippen molar-refractivity contribution in [2.75, 3.05) is 18.1 Å². The van der Waals surface area contributed by atoms with Crippen LogP contribution in [0.5, 0.6) is 0 Å². The fourth-order valence-electron chi connectivity index (χ4n) is 2.24. The molecule has 134 valence electrons. The van der Waals surface area contributed by atoms with Gasteiger partial charge in [0.05, 0.1) is 10.6 Å². The van der Waals surface area contributed by atoms with E-state index >= 15 is 0 Å². The van der Waals surface area contributed by atoms with Gasteiger partial charge in [-0.3, -0.25) is 4.79 Å². The molecule has 3 N–H and O–H groups in total. The number of sulfonamides is 1. The van der Waals surface area contributed by atoms with Crippen molar-refractivity contribution >= 4 is 27.7 Å². The van der Waals surface area contributed by atoms with Crippen LogP contribution in [0, 0.1) is 0 Å². The van der Waals surface area contributed by atoms with Gasteiger partial charge in [0.2, 0.25) is 15.9 Å². The molecule has 0 spiro atoms. The summed E-state index contributed by atoms with van der Waals surface area (Å²) >= 11 is 1.61. The van der Waals surface area contributed by atoms with Crippen LogP contribution in [0.4, 0.5) is 0 Å². The number of benzene rings is 2. The van der Waals surface area contributed by atoms with Gasteiger partial charge in [-0.1, -0.05) is 42.5 Å². The first-order chi connectivity index (χ1) is 11.9. The molecular formula is C18H22N2O3S2. The van der Waals surface area contributed by atoms with E-state index < -0.39 is 10.0 Å². The van der Waals surface area contributed by atoms with Crippen LogP contribution in [-0.4, -0.2) is 32.4 Å². The van der Waals surface area contributed by atoms with Crippen LogP contribution in [0.15, 0.2) is 59.5 Å². The molecule has 0 aliphatic heterocycles. The van der Waals surface area contributed by atoms with Crippen LogP contribution in [-0.2, 0) is 27.7 Å². The molecule has 1 amide bonds. The number of aryl methyl sites for hydroxylation is 1. The Kier molecular flexibility index (Phi) is 7.49. The summed E-state index contributed by atoms with van der Waals surface area (Å²) in [4.78, 5) is 11.9. The molecule has 7 heteroatoms. The van der Waals surface area contributed by atoms with Crippen molar-refractivity contribution < 1.29 is 13.2 Å². The summed E-state index contributed by atoms with van der Waals surface area (Å²) in [6.45, 7) is 0.521. The summed E-state index contributed by atoms with van der Waals surface area (Å²) < 4.78 is 22.4. The Labute approximate surface area is 153 Å². The molecular weight excluding hydrogens is 356 g/mol. The Hall–Kier alpha value is -1.83. The highest BCUT2D eigenvalue weighted by atomic mass is 32.2. The van der Waals surface area contributed by atoms with Crippen molar-refractivity contribution in [3.8, 4) is 0 Å². The van der Waals surface area contributed by atoms with E-state index in [9.17, 15) is 13.2 Å². The molecule has 0 fully saturated rings. The average Bonchev–Trinajstić information content (AvgIpc) is 2.59. The normalized spacial score (nSPS) is 11.2. The van der Waals surface area contributed by atoms with Gasteiger partial charge in [-0.15, -0.1) is 0 Å². The largest absolute Gasteiger partial charge is 0.355 e. The predicted molar refractivity (Wildman–Crippen MR) is 102 cm³/mol. The minimum absolute atomic E-state index is 0.0132. The Morgan fingerprint density at radius 1 is 0.960 bits per heavy atom. The lowest BCUT2D eigenvalue weighted by Gasteiger charge is -2.06. The van der Waals surface area contributed by atoms with Gasteiger partial charge in [-0.25, -0.2) is 13.6 Å². The monoisotopic (exact) mass is 378 g/mol. The number of carbonyl (C=O) groups excluding carboxylic acids is 1. The van der Waals surface area contributed by atoms with Gasteiger partial charge < -0.3 is 5.32 Å². The lowest BCUT2D eigenvalue weighted by molar-refractivity contribution is -0.118. The lowest BCUT2D eigenvalue weighted by atomic mass is 10.1. The van der Waals surface area contributed by atoms with Crippen molar-refractivity contribution in [3.63, 3.8) is 0 Å². The molecule has 5 nitrogen and oxygen atoms in total. The predicted octanol–water partition coefficient (Wildman–Crippen LogP) is 1.97. The van der Waals surface area contributed by atoms with E-state index in [1.807, 2.05) is 18.2 Å². The van der Waals surface area contributed by atoms with Crippen molar-refractivity contribution in [3.05, 3.63) is 65.7 Å². The fourth-order valence-corrected chi connectivity index (χ4v) is 3.57. The quantitative estimate of drug-likeness (QED) is 0.653. The Morgan fingerprint density at radius 3 is 2.24 bits per heavy atom. The van der Waals surface area contributed by atoms with Crippen LogP contribution >= 0.6 is 11.8 Å². The lowest BCUT2D eigenvalue weighted by Crippen LogP contribution is -2.27. The highest BCUT2D eigenvalue weighted by Gasteiger charge is 2.07. The van der Waals surface area contributed by atoms with Crippen LogP contribution < -0.4 is 10.5 Å². The highest BCUT2D eigenvalue weighted by molar-refractivity contribution is 7.99. The SMILES string of the molecule is NS(=O)(=O)c1ccc(CCNC(=O)CSCCc2ccccc2)cc1. The molecule has 0 aromatic heterocycles. The molecule has 0 saturated heterocycles. The molecule has 0 saturated carbocycles. The number of primary sulfonamides is 1. The van der Waals surface area contributed by atoms with Crippen molar-refractivity contribution in [1.29, 1.82) is 0 Å². The second-order valence-corrected chi connectivity index (χ2v) is 8.24. The van der Waals surface area contributed by atoms with Gasteiger partial charge in [-0.2, -0.15) is 11.8 Å². The number of hydrogen-bond acceptors (Lipinski definition) is 4. The second-order valence-electron chi connectivity index (χ2n) is 5.58.